The number of benzene rings is 2. The molecular formula is C27H29N3O3. The highest BCUT2D eigenvalue weighted by Crippen LogP contribution is 2.39. The number of anilines is 2. The first-order valence-electron chi connectivity index (χ1n) is 11.2. The molecule has 1 fully saturated rings. The molecule has 2 aromatic carbocycles. The highest BCUT2D eigenvalue weighted by atomic mass is 16.2. The van der Waals surface area contributed by atoms with Crippen LogP contribution in [-0.2, 0) is 9.59 Å². The average Bonchev–Trinajstić information content (AvgIpc) is 2.74. The van der Waals surface area contributed by atoms with Crippen molar-refractivity contribution < 1.29 is 14.4 Å². The maximum atomic E-state index is 13.2. The number of nitrogens with one attached hydrogen (secondary N) is 1. The van der Waals surface area contributed by atoms with Gasteiger partial charge in [-0.1, -0.05) is 31.2 Å². The highest BCUT2D eigenvalue weighted by Gasteiger charge is 2.37. The Balaban J connectivity index is 1.74. The van der Waals surface area contributed by atoms with Crippen molar-refractivity contribution >= 4 is 40.9 Å². The number of fused-ring (bicyclic) bond motifs is 1. The zero-order valence-corrected chi connectivity index (χ0v) is 19.7. The Morgan fingerprint density at radius 3 is 2.48 bits per heavy atom. The first-order chi connectivity index (χ1) is 15.6. The summed E-state index contributed by atoms with van der Waals surface area (Å²) < 4.78 is 0. The molecule has 33 heavy (non-hydrogen) atoms. The van der Waals surface area contributed by atoms with Crippen LogP contribution in [0.4, 0.5) is 16.2 Å². The molecule has 2 aliphatic rings. The van der Waals surface area contributed by atoms with Crippen molar-refractivity contribution in [1.29, 1.82) is 0 Å². The van der Waals surface area contributed by atoms with Gasteiger partial charge in [0.15, 0.2) is 0 Å². The number of rotatable bonds is 4. The quantitative estimate of drug-likeness (QED) is 0.529. The second-order valence-electron chi connectivity index (χ2n) is 9.21. The van der Waals surface area contributed by atoms with Gasteiger partial charge in [-0.2, -0.15) is 0 Å². The number of aryl methyl sites for hydroxylation is 1. The molecule has 1 N–H and O–H groups in total. The Bertz CT molecular complexity index is 1220. The van der Waals surface area contributed by atoms with Gasteiger partial charge in [0.25, 0.3) is 11.8 Å². The van der Waals surface area contributed by atoms with Crippen molar-refractivity contribution in [3.8, 4) is 0 Å². The zero-order chi connectivity index (χ0) is 23.9. The average molecular weight is 444 g/mol. The lowest BCUT2D eigenvalue weighted by atomic mass is 9.87. The van der Waals surface area contributed by atoms with Gasteiger partial charge in [-0.15, -0.1) is 0 Å². The van der Waals surface area contributed by atoms with E-state index >= 15 is 0 Å². The largest absolute Gasteiger partial charge is 0.362 e. The molecule has 170 valence electrons. The molecule has 2 heterocycles. The molecule has 4 amide bonds. The van der Waals surface area contributed by atoms with E-state index in [1.165, 1.54) is 0 Å². The molecule has 0 spiro atoms. The van der Waals surface area contributed by atoms with E-state index < -0.39 is 17.8 Å². The van der Waals surface area contributed by atoms with Crippen LogP contribution < -0.4 is 15.1 Å². The van der Waals surface area contributed by atoms with Crippen LogP contribution in [0.1, 0.15) is 50.8 Å². The Morgan fingerprint density at radius 1 is 1.03 bits per heavy atom. The van der Waals surface area contributed by atoms with Gasteiger partial charge < -0.3 is 4.90 Å². The minimum atomic E-state index is -0.741. The smallest absolute Gasteiger partial charge is 0.335 e. The van der Waals surface area contributed by atoms with Crippen molar-refractivity contribution in [2.24, 2.45) is 0 Å². The molecular weight excluding hydrogens is 414 g/mol. The van der Waals surface area contributed by atoms with Crippen molar-refractivity contribution in [2.75, 3.05) is 16.3 Å². The fraction of sp³-hybridized carbons (Fsp3) is 0.296. The topological polar surface area (TPSA) is 69.7 Å². The van der Waals surface area contributed by atoms with Crippen molar-refractivity contribution in [1.82, 2.24) is 5.32 Å². The Morgan fingerprint density at radius 2 is 1.79 bits per heavy atom. The van der Waals surface area contributed by atoms with Crippen LogP contribution in [0.3, 0.4) is 0 Å². The number of nitrogens with zero attached hydrogens (tertiary/aromatic N) is 2. The molecule has 0 atom stereocenters. The van der Waals surface area contributed by atoms with Gasteiger partial charge >= 0.3 is 6.03 Å². The number of amides is 4. The Hall–Kier alpha value is -3.67. The fourth-order valence-corrected chi connectivity index (χ4v) is 4.65. The van der Waals surface area contributed by atoms with E-state index in [2.05, 4.69) is 44.0 Å². The van der Waals surface area contributed by atoms with Gasteiger partial charge in [0.05, 0.1) is 11.2 Å². The van der Waals surface area contributed by atoms with Gasteiger partial charge in [0.1, 0.15) is 5.57 Å². The van der Waals surface area contributed by atoms with Crippen LogP contribution in [0.2, 0.25) is 0 Å². The third kappa shape index (κ3) is 4.09. The summed E-state index contributed by atoms with van der Waals surface area (Å²) in [4.78, 5) is 41.6. The summed E-state index contributed by atoms with van der Waals surface area (Å²) in [5, 5.41) is 2.29. The predicted molar refractivity (Wildman–Crippen MR) is 132 cm³/mol. The number of hydrogen-bond donors (Lipinski definition) is 1. The summed E-state index contributed by atoms with van der Waals surface area (Å²) >= 11 is 0. The maximum Gasteiger partial charge on any atom is 0.335 e. The van der Waals surface area contributed by atoms with Crippen LogP contribution >= 0.6 is 0 Å². The predicted octanol–water partition coefficient (Wildman–Crippen LogP) is 5.07. The van der Waals surface area contributed by atoms with E-state index in [4.69, 9.17) is 0 Å². The maximum absolute atomic E-state index is 13.2. The molecule has 6 heteroatoms. The van der Waals surface area contributed by atoms with Crippen molar-refractivity contribution in [2.45, 2.75) is 46.6 Å². The van der Waals surface area contributed by atoms with Gasteiger partial charge in [-0.3, -0.25) is 14.9 Å². The zero-order valence-electron chi connectivity index (χ0n) is 19.7. The molecule has 2 aromatic rings. The number of imide groups is 2. The van der Waals surface area contributed by atoms with E-state index in [0.717, 1.165) is 45.8 Å². The molecule has 2 aliphatic heterocycles. The normalized spacial score (nSPS) is 18.9. The standard InChI is InChI=1S/C27H29N3O3/c1-6-12-29-23-11-10-19(14-21(23)18(3)16-27(29,4)5)15-22-24(31)28-26(33)30(25(22)32)20-9-7-8-17(2)13-20/h7-11,13-16H,6,12H2,1-5H3,(H,28,31,33)/b22-15-. The summed E-state index contributed by atoms with van der Waals surface area (Å²) in [6.07, 6.45) is 4.84. The lowest BCUT2D eigenvalue weighted by molar-refractivity contribution is -0.122. The fourth-order valence-electron chi connectivity index (χ4n) is 4.65. The number of hydrogen-bond acceptors (Lipinski definition) is 4. The Kier molecular flexibility index (Phi) is 5.70. The second kappa shape index (κ2) is 8.35. The molecule has 0 aliphatic carbocycles. The Labute approximate surface area is 194 Å². The third-order valence-electron chi connectivity index (χ3n) is 6.12. The first-order valence-corrected chi connectivity index (χ1v) is 11.2. The number of urea groups is 1. The van der Waals surface area contributed by atoms with Gasteiger partial charge in [0, 0.05) is 17.8 Å². The molecule has 6 nitrogen and oxygen atoms in total. The van der Waals surface area contributed by atoms with E-state index in [9.17, 15) is 14.4 Å². The molecule has 4 rings (SSSR count). The minimum absolute atomic E-state index is 0.0701. The summed E-state index contributed by atoms with van der Waals surface area (Å²) in [7, 11) is 0. The van der Waals surface area contributed by atoms with E-state index in [0.29, 0.717) is 5.69 Å². The second-order valence-corrected chi connectivity index (χ2v) is 9.21. The number of carbonyl (C=O) groups is 3. The van der Waals surface area contributed by atoms with E-state index in [1.54, 1.807) is 24.3 Å². The SMILES string of the molecule is CCCN1c2ccc(/C=C3/C(=O)NC(=O)N(c4cccc(C)c4)C3=O)cc2C(C)=CC1(C)C. The monoisotopic (exact) mass is 443 g/mol. The van der Waals surface area contributed by atoms with Crippen molar-refractivity contribution in [3.63, 3.8) is 0 Å². The molecule has 0 aromatic heterocycles. The lowest BCUT2D eigenvalue weighted by Crippen LogP contribution is -2.54. The van der Waals surface area contributed by atoms with E-state index in [1.807, 2.05) is 31.2 Å². The number of barbiturate groups is 1. The van der Waals surface area contributed by atoms with E-state index in [-0.39, 0.29) is 11.1 Å². The van der Waals surface area contributed by atoms with Gasteiger partial charge in [-0.05, 0) is 81.2 Å². The van der Waals surface area contributed by atoms with Crippen LogP contribution in [0.25, 0.3) is 11.6 Å². The van der Waals surface area contributed by atoms with Crippen LogP contribution in [0.5, 0.6) is 0 Å². The number of carbonyl (C=O) groups excluding carboxylic acids is 3. The summed E-state index contributed by atoms with van der Waals surface area (Å²) in [6.45, 7) is 11.5. The molecule has 0 saturated carbocycles. The van der Waals surface area contributed by atoms with Crippen LogP contribution in [0.15, 0.2) is 54.1 Å². The number of allylic oxidation sites excluding steroid dienone is 1. The summed E-state index contributed by atoms with van der Waals surface area (Å²) in [5.74, 6) is -1.32. The van der Waals surface area contributed by atoms with Crippen molar-refractivity contribution in [3.05, 3.63) is 70.8 Å². The lowest BCUT2D eigenvalue weighted by Gasteiger charge is -2.43. The highest BCUT2D eigenvalue weighted by molar-refractivity contribution is 6.39. The summed E-state index contributed by atoms with van der Waals surface area (Å²) in [6, 6.07) is 12.3. The molecule has 0 bridgehead atoms. The van der Waals surface area contributed by atoms with Gasteiger partial charge in [-0.25, -0.2) is 9.69 Å². The molecule has 0 unspecified atom stereocenters. The molecule has 0 radical (unpaired) electrons. The van der Waals surface area contributed by atoms with Gasteiger partial charge in [0.2, 0.25) is 0 Å². The minimum Gasteiger partial charge on any atom is -0.362 e. The first kappa shape index (κ1) is 22.5. The third-order valence-corrected chi connectivity index (χ3v) is 6.12. The van der Waals surface area contributed by atoms with Crippen LogP contribution in [0, 0.1) is 6.92 Å². The van der Waals surface area contributed by atoms with Crippen LogP contribution in [-0.4, -0.2) is 29.9 Å². The summed E-state index contributed by atoms with van der Waals surface area (Å²) in [5.41, 5.74) is 5.27. The molecule has 1 saturated heterocycles.